The van der Waals surface area contributed by atoms with E-state index in [4.69, 9.17) is 26.2 Å². The van der Waals surface area contributed by atoms with Crippen molar-refractivity contribution in [1.29, 1.82) is 0 Å². The molecule has 1 aliphatic rings. The van der Waals surface area contributed by atoms with E-state index < -0.39 is 23.8 Å². The van der Waals surface area contributed by atoms with Gasteiger partial charge in [-0.25, -0.2) is 4.79 Å². The van der Waals surface area contributed by atoms with Gasteiger partial charge in [0.2, 0.25) is 6.10 Å². The molecule has 1 aliphatic heterocycles. The normalized spacial score (nSPS) is 15.9. The molecule has 9 heteroatoms. The summed E-state index contributed by atoms with van der Waals surface area (Å²) in [6.07, 6.45) is -6.58. The van der Waals surface area contributed by atoms with Crippen LogP contribution < -0.4 is 9.47 Å². The molecule has 30 heavy (non-hydrogen) atoms. The molecule has 3 aromatic rings. The average molecular weight is 500 g/mol. The van der Waals surface area contributed by atoms with Gasteiger partial charge in [0.15, 0.2) is 0 Å². The first kappa shape index (κ1) is 20.6. The predicted molar refractivity (Wildman–Crippen MR) is 109 cm³/mol. The molecule has 1 atom stereocenters. The highest BCUT2D eigenvalue weighted by Gasteiger charge is 2.48. The van der Waals surface area contributed by atoms with E-state index in [1.54, 1.807) is 12.1 Å². The van der Waals surface area contributed by atoms with Gasteiger partial charge in [0, 0.05) is 16.1 Å². The third-order valence-corrected chi connectivity index (χ3v) is 5.24. The van der Waals surface area contributed by atoms with Gasteiger partial charge in [-0.2, -0.15) is 13.2 Å². The van der Waals surface area contributed by atoms with Crippen LogP contribution in [0.3, 0.4) is 0 Å². The van der Waals surface area contributed by atoms with Crippen LogP contribution in [0.15, 0.2) is 58.6 Å². The molecule has 0 spiro atoms. The number of hydrogen-bond donors (Lipinski definition) is 1. The van der Waals surface area contributed by atoms with Crippen LogP contribution in [0.2, 0.25) is 5.02 Å². The van der Waals surface area contributed by atoms with Gasteiger partial charge < -0.3 is 14.6 Å². The van der Waals surface area contributed by atoms with Gasteiger partial charge in [-0.15, -0.1) is 0 Å². The lowest BCUT2D eigenvalue weighted by Crippen LogP contribution is -2.40. The van der Waals surface area contributed by atoms with Crippen molar-refractivity contribution in [3.8, 4) is 17.2 Å². The zero-order valence-corrected chi connectivity index (χ0v) is 17.2. The second kappa shape index (κ2) is 7.52. The van der Waals surface area contributed by atoms with Gasteiger partial charge >= 0.3 is 12.1 Å². The summed E-state index contributed by atoms with van der Waals surface area (Å²) in [5.41, 5.74) is -0.797. The van der Waals surface area contributed by atoms with Gasteiger partial charge in [-0.1, -0.05) is 39.7 Å². The maximum Gasteiger partial charge on any atom is 0.430 e. The molecule has 0 bridgehead atoms. The fourth-order valence-electron chi connectivity index (χ4n) is 3.08. The number of aliphatic carboxylic acids is 1. The van der Waals surface area contributed by atoms with Crippen molar-refractivity contribution in [1.82, 2.24) is 0 Å². The van der Waals surface area contributed by atoms with Crippen LogP contribution in [0, 0.1) is 0 Å². The molecule has 4 rings (SSSR count). The van der Waals surface area contributed by atoms with E-state index in [2.05, 4.69) is 15.9 Å². The molecular formula is C21H11BrClF3O4. The van der Waals surface area contributed by atoms with Crippen LogP contribution in [0.25, 0.3) is 16.8 Å². The summed E-state index contributed by atoms with van der Waals surface area (Å²) < 4.78 is 51.4. The highest BCUT2D eigenvalue weighted by atomic mass is 79.9. The third-order valence-electron chi connectivity index (χ3n) is 4.45. The maximum atomic E-state index is 13.3. The Morgan fingerprint density at radius 1 is 1.10 bits per heavy atom. The molecule has 1 heterocycles. The second-order valence-electron chi connectivity index (χ2n) is 6.52. The van der Waals surface area contributed by atoms with Crippen LogP contribution in [0.4, 0.5) is 13.2 Å². The molecule has 3 aromatic carbocycles. The summed E-state index contributed by atoms with van der Waals surface area (Å²) in [7, 11) is 0. The van der Waals surface area contributed by atoms with E-state index in [1.807, 2.05) is 24.3 Å². The number of carboxylic acids is 1. The Hall–Kier alpha value is -2.71. The summed E-state index contributed by atoms with van der Waals surface area (Å²) in [5.74, 6) is -1.38. The molecule has 0 saturated heterocycles. The highest BCUT2D eigenvalue weighted by molar-refractivity contribution is 9.10. The smallest absolute Gasteiger partial charge is 0.430 e. The Labute approximate surface area is 181 Å². The second-order valence-corrected chi connectivity index (χ2v) is 7.84. The Bertz CT molecular complexity index is 1210. The lowest BCUT2D eigenvalue weighted by Gasteiger charge is -2.27. The number of ether oxygens (including phenoxy) is 2. The minimum atomic E-state index is -4.89. The van der Waals surface area contributed by atoms with Crippen molar-refractivity contribution in [3.05, 3.63) is 69.2 Å². The third kappa shape index (κ3) is 3.97. The summed E-state index contributed by atoms with van der Waals surface area (Å²) in [6.45, 7) is 0. The first-order valence-electron chi connectivity index (χ1n) is 8.51. The van der Waals surface area contributed by atoms with Crippen molar-refractivity contribution in [2.75, 3.05) is 0 Å². The molecule has 1 N–H and O–H groups in total. The monoisotopic (exact) mass is 498 g/mol. The molecule has 0 unspecified atom stereocenters. The van der Waals surface area contributed by atoms with Gasteiger partial charge in [0.05, 0.1) is 10.6 Å². The summed E-state index contributed by atoms with van der Waals surface area (Å²) >= 11 is 9.61. The van der Waals surface area contributed by atoms with Crippen LogP contribution >= 0.6 is 27.5 Å². The molecule has 0 radical (unpaired) electrons. The Balaban J connectivity index is 1.71. The minimum absolute atomic E-state index is 0.0833. The molecule has 4 nitrogen and oxygen atoms in total. The van der Waals surface area contributed by atoms with Crippen molar-refractivity contribution in [2.24, 2.45) is 0 Å². The standard InChI is InChI=1S/C21H11BrClF3O4/c22-13-3-1-11-6-14(4-2-10(11)5-13)29-18-9-17-12(8-16(18)23)7-15(20(27)28)19(30-17)21(24,25)26/h1-9,19H,(H,27,28)/t19-/m0/s1. The van der Waals surface area contributed by atoms with E-state index in [0.29, 0.717) is 5.75 Å². The van der Waals surface area contributed by atoms with Gasteiger partial charge in [0.1, 0.15) is 17.2 Å². The van der Waals surface area contributed by atoms with Gasteiger partial charge in [-0.05, 0) is 47.2 Å². The van der Waals surface area contributed by atoms with Gasteiger partial charge in [0.25, 0.3) is 0 Å². The van der Waals surface area contributed by atoms with E-state index in [1.165, 1.54) is 12.1 Å². The summed E-state index contributed by atoms with van der Waals surface area (Å²) in [4.78, 5) is 11.2. The van der Waals surface area contributed by atoms with Crippen LogP contribution in [-0.2, 0) is 4.79 Å². The first-order chi connectivity index (χ1) is 14.1. The van der Waals surface area contributed by atoms with Crippen molar-refractivity contribution in [2.45, 2.75) is 12.3 Å². The topological polar surface area (TPSA) is 55.8 Å². The van der Waals surface area contributed by atoms with Crippen molar-refractivity contribution in [3.63, 3.8) is 0 Å². The highest BCUT2D eigenvalue weighted by Crippen LogP contribution is 2.42. The number of halogens is 5. The quantitative estimate of drug-likeness (QED) is 0.429. The molecule has 0 saturated carbocycles. The predicted octanol–water partition coefficient (Wildman–Crippen LogP) is 6.84. The van der Waals surface area contributed by atoms with Crippen molar-refractivity contribution >= 4 is 50.3 Å². The lowest BCUT2D eigenvalue weighted by molar-refractivity contribution is -0.187. The van der Waals surface area contributed by atoms with Crippen LogP contribution in [0.1, 0.15) is 5.56 Å². The molecule has 0 amide bonds. The van der Waals surface area contributed by atoms with E-state index in [-0.39, 0.29) is 22.1 Å². The largest absolute Gasteiger partial charge is 0.478 e. The first-order valence-corrected chi connectivity index (χ1v) is 9.68. The Morgan fingerprint density at radius 3 is 2.50 bits per heavy atom. The minimum Gasteiger partial charge on any atom is -0.478 e. The molecule has 0 aliphatic carbocycles. The SMILES string of the molecule is O=C(O)C1=Cc2cc(Cl)c(Oc3ccc4cc(Br)ccc4c3)cc2O[C@@H]1C(F)(F)F. The zero-order chi connectivity index (χ0) is 21.6. The zero-order valence-electron chi connectivity index (χ0n) is 14.8. The van der Waals surface area contributed by atoms with E-state index in [0.717, 1.165) is 21.3 Å². The number of hydrogen-bond acceptors (Lipinski definition) is 3. The number of carboxylic acid groups (broad SMARTS) is 1. The number of alkyl halides is 3. The van der Waals surface area contributed by atoms with Gasteiger partial charge in [-0.3, -0.25) is 0 Å². The fraction of sp³-hybridized carbons (Fsp3) is 0.0952. The Morgan fingerprint density at radius 2 is 1.80 bits per heavy atom. The summed E-state index contributed by atoms with van der Waals surface area (Å²) in [6, 6.07) is 13.5. The number of rotatable bonds is 3. The van der Waals surface area contributed by atoms with E-state index >= 15 is 0 Å². The fourth-order valence-corrected chi connectivity index (χ4v) is 3.67. The summed E-state index contributed by atoms with van der Waals surface area (Å²) in [5, 5.41) is 11.1. The average Bonchev–Trinajstić information content (AvgIpc) is 2.67. The van der Waals surface area contributed by atoms with Crippen molar-refractivity contribution < 1.29 is 32.5 Å². The molecule has 0 fully saturated rings. The molecular weight excluding hydrogens is 489 g/mol. The number of carbonyl (C=O) groups is 1. The Kier molecular flexibility index (Phi) is 5.15. The number of benzene rings is 3. The van der Waals surface area contributed by atoms with E-state index in [9.17, 15) is 18.0 Å². The maximum absolute atomic E-state index is 13.3. The number of fused-ring (bicyclic) bond motifs is 2. The lowest BCUT2D eigenvalue weighted by atomic mass is 10.0. The molecule has 154 valence electrons. The van der Waals surface area contributed by atoms with Crippen LogP contribution in [0.5, 0.6) is 17.2 Å². The van der Waals surface area contributed by atoms with Crippen LogP contribution in [-0.4, -0.2) is 23.4 Å². The molecule has 0 aromatic heterocycles.